The van der Waals surface area contributed by atoms with Crippen molar-refractivity contribution in [3.05, 3.63) is 12.7 Å². The lowest BCUT2D eigenvalue weighted by molar-refractivity contribution is 0.176. The lowest BCUT2D eigenvalue weighted by atomic mass is 10.5. The summed E-state index contributed by atoms with van der Waals surface area (Å²) < 4.78 is 0. The summed E-state index contributed by atoms with van der Waals surface area (Å²) in [5.74, 6) is 0. The van der Waals surface area contributed by atoms with Crippen LogP contribution in [0.15, 0.2) is 17.8 Å². The molecule has 0 fully saturated rings. The van der Waals surface area contributed by atoms with E-state index in [1.807, 2.05) is 0 Å². The Bertz CT molecular complexity index is 91.1. The van der Waals surface area contributed by atoms with Crippen LogP contribution in [0.4, 0.5) is 0 Å². The van der Waals surface area contributed by atoms with E-state index in [0.717, 1.165) is 6.42 Å². The Labute approximate surface area is 55.2 Å². The summed E-state index contributed by atoms with van der Waals surface area (Å²) in [4.78, 5) is 4.68. The van der Waals surface area contributed by atoms with Gasteiger partial charge in [0.25, 0.3) is 0 Å². The Hall–Kier alpha value is -0.830. The number of nitrogens with two attached hydrogens (primary N) is 1. The van der Waals surface area contributed by atoms with Crippen molar-refractivity contribution >= 4 is 6.21 Å². The fraction of sp³-hybridized carbons (Fsp3) is 0.500. The van der Waals surface area contributed by atoms with Gasteiger partial charge in [0, 0.05) is 6.21 Å². The van der Waals surface area contributed by atoms with E-state index in [1.165, 1.54) is 0 Å². The van der Waals surface area contributed by atoms with Crippen LogP contribution in [0.1, 0.15) is 6.42 Å². The molecule has 0 rings (SSSR count). The molecule has 0 aromatic rings. The Morgan fingerprint density at radius 3 is 3.00 bits per heavy atom. The quantitative estimate of drug-likeness (QED) is 0.254. The molecule has 52 valence electrons. The molecule has 0 saturated carbocycles. The number of hydrogen-bond acceptors (Lipinski definition) is 3. The van der Waals surface area contributed by atoms with Crippen molar-refractivity contribution in [2.24, 2.45) is 10.9 Å². The highest BCUT2D eigenvalue weighted by Gasteiger charge is 1.73. The molecule has 0 aromatic heterocycles. The number of rotatable bonds is 5. The first-order valence-corrected chi connectivity index (χ1v) is 2.86. The molecule has 0 radical (unpaired) electrons. The molecule has 2 N–H and O–H groups in total. The van der Waals surface area contributed by atoms with Gasteiger partial charge in [-0.05, 0) is 13.0 Å². The predicted molar refractivity (Wildman–Crippen MR) is 38.3 cm³/mol. The third kappa shape index (κ3) is 7.17. The largest absolute Gasteiger partial charge is 0.392 e. The van der Waals surface area contributed by atoms with Gasteiger partial charge in [0.05, 0.1) is 0 Å². The van der Waals surface area contributed by atoms with Gasteiger partial charge in [0.2, 0.25) is 0 Å². The minimum absolute atomic E-state index is 0.459. The highest BCUT2D eigenvalue weighted by molar-refractivity contribution is 5.56. The zero-order valence-electron chi connectivity index (χ0n) is 5.42. The average molecular weight is 128 g/mol. The molecule has 0 aliphatic heterocycles. The van der Waals surface area contributed by atoms with E-state index in [9.17, 15) is 0 Å². The van der Waals surface area contributed by atoms with Crippen molar-refractivity contribution in [1.29, 1.82) is 0 Å². The van der Waals surface area contributed by atoms with Gasteiger partial charge in [-0.1, -0.05) is 17.8 Å². The molecule has 0 amide bonds. The standard InChI is InChI=1S/C6H12N2O/c1-2-6-9-8-5-3-4-7/h2,5H,1,3-4,6-7H2. The smallest absolute Gasteiger partial charge is 0.135 e. The van der Waals surface area contributed by atoms with Gasteiger partial charge in [-0.3, -0.25) is 0 Å². The summed E-state index contributed by atoms with van der Waals surface area (Å²) in [5, 5.41) is 3.57. The topological polar surface area (TPSA) is 47.6 Å². The maximum absolute atomic E-state index is 5.18. The fourth-order valence-electron chi connectivity index (χ4n) is 0.276. The second kappa shape index (κ2) is 7.17. The molecule has 0 spiro atoms. The Balaban J connectivity index is 2.94. The molecule has 9 heavy (non-hydrogen) atoms. The first kappa shape index (κ1) is 8.17. The first-order chi connectivity index (χ1) is 4.41. The molecule has 3 nitrogen and oxygen atoms in total. The van der Waals surface area contributed by atoms with Gasteiger partial charge in [0.15, 0.2) is 0 Å². The second-order valence-electron chi connectivity index (χ2n) is 1.45. The molecule has 0 aliphatic rings. The van der Waals surface area contributed by atoms with Gasteiger partial charge >= 0.3 is 0 Å². The number of nitrogens with zero attached hydrogens (tertiary/aromatic N) is 1. The first-order valence-electron chi connectivity index (χ1n) is 2.86. The van der Waals surface area contributed by atoms with Gasteiger partial charge < -0.3 is 10.6 Å². The minimum Gasteiger partial charge on any atom is -0.392 e. The van der Waals surface area contributed by atoms with E-state index in [2.05, 4.69) is 16.6 Å². The fourth-order valence-corrected chi connectivity index (χ4v) is 0.276. The molecule has 0 unspecified atom stereocenters. The summed E-state index contributed by atoms with van der Waals surface area (Å²) in [5.41, 5.74) is 5.18. The van der Waals surface area contributed by atoms with Crippen LogP contribution in [0.3, 0.4) is 0 Å². The van der Waals surface area contributed by atoms with Gasteiger partial charge in [-0.2, -0.15) is 0 Å². The SMILES string of the molecule is C=CCON=CCCN. The molecule has 0 atom stereocenters. The monoisotopic (exact) mass is 128 g/mol. The lowest BCUT2D eigenvalue weighted by Gasteiger charge is -1.89. The normalized spacial score (nSPS) is 9.89. The van der Waals surface area contributed by atoms with Crippen molar-refractivity contribution in [2.45, 2.75) is 6.42 Å². The van der Waals surface area contributed by atoms with Crippen LogP contribution in [-0.2, 0) is 4.84 Å². The highest BCUT2D eigenvalue weighted by Crippen LogP contribution is 1.75. The van der Waals surface area contributed by atoms with E-state index in [-0.39, 0.29) is 0 Å². The second-order valence-corrected chi connectivity index (χ2v) is 1.45. The van der Waals surface area contributed by atoms with E-state index in [1.54, 1.807) is 12.3 Å². The van der Waals surface area contributed by atoms with Crippen LogP contribution in [0.25, 0.3) is 0 Å². The zero-order chi connectivity index (χ0) is 6.95. The summed E-state index contributed by atoms with van der Waals surface area (Å²) in [6.45, 7) is 4.53. The zero-order valence-corrected chi connectivity index (χ0v) is 5.42. The molecule has 0 aliphatic carbocycles. The van der Waals surface area contributed by atoms with Crippen molar-refractivity contribution < 1.29 is 4.84 Å². The molecule has 0 heterocycles. The van der Waals surface area contributed by atoms with E-state index >= 15 is 0 Å². The molecular formula is C6H12N2O. The van der Waals surface area contributed by atoms with E-state index in [0.29, 0.717) is 13.2 Å². The summed E-state index contributed by atoms with van der Waals surface area (Å²) in [7, 11) is 0. The lowest BCUT2D eigenvalue weighted by Crippen LogP contribution is -1.98. The Kier molecular flexibility index (Phi) is 6.51. The third-order valence-electron chi connectivity index (χ3n) is 0.637. The minimum atomic E-state index is 0.459. The van der Waals surface area contributed by atoms with Crippen LogP contribution < -0.4 is 5.73 Å². The van der Waals surface area contributed by atoms with Crippen molar-refractivity contribution in [1.82, 2.24) is 0 Å². The third-order valence-corrected chi connectivity index (χ3v) is 0.637. The average Bonchev–Trinajstić information content (AvgIpc) is 1.89. The molecule has 0 aromatic carbocycles. The summed E-state index contributed by atoms with van der Waals surface area (Å²) >= 11 is 0. The molecular weight excluding hydrogens is 116 g/mol. The van der Waals surface area contributed by atoms with Crippen molar-refractivity contribution in [3.63, 3.8) is 0 Å². The Morgan fingerprint density at radius 1 is 1.67 bits per heavy atom. The summed E-state index contributed by atoms with van der Waals surface area (Å²) in [6, 6.07) is 0. The van der Waals surface area contributed by atoms with Gasteiger partial charge in [0.1, 0.15) is 6.61 Å². The van der Waals surface area contributed by atoms with Crippen molar-refractivity contribution in [3.8, 4) is 0 Å². The van der Waals surface area contributed by atoms with Crippen molar-refractivity contribution in [2.75, 3.05) is 13.2 Å². The van der Waals surface area contributed by atoms with Gasteiger partial charge in [-0.15, -0.1) is 0 Å². The number of hydrogen-bond donors (Lipinski definition) is 1. The predicted octanol–water partition coefficient (Wildman–Crippen LogP) is 0.524. The van der Waals surface area contributed by atoms with E-state index in [4.69, 9.17) is 5.73 Å². The van der Waals surface area contributed by atoms with Gasteiger partial charge in [-0.25, -0.2) is 0 Å². The molecule has 3 heteroatoms. The van der Waals surface area contributed by atoms with Crippen LogP contribution in [-0.4, -0.2) is 19.4 Å². The maximum atomic E-state index is 5.18. The van der Waals surface area contributed by atoms with Crippen LogP contribution in [0, 0.1) is 0 Å². The van der Waals surface area contributed by atoms with Crippen LogP contribution in [0.2, 0.25) is 0 Å². The maximum Gasteiger partial charge on any atom is 0.135 e. The molecule has 0 bridgehead atoms. The van der Waals surface area contributed by atoms with E-state index < -0.39 is 0 Å². The highest BCUT2D eigenvalue weighted by atomic mass is 16.6. The van der Waals surface area contributed by atoms with Crippen LogP contribution >= 0.6 is 0 Å². The number of oxime groups is 1. The molecule has 0 saturated heterocycles. The Morgan fingerprint density at radius 2 is 2.44 bits per heavy atom. The van der Waals surface area contributed by atoms with Crippen LogP contribution in [0.5, 0.6) is 0 Å². The summed E-state index contributed by atoms with van der Waals surface area (Å²) in [6.07, 6.45) is 4.04.